The Labute approximate surface area is 323 Å². The molecule has 0 saturated carbocycles. The molecule has 0 spiro atoms. The van der Waals surface area contributed by atoms with Gasteiger partial charge in [0.1, 0.15) is 0 Å². The normalized spacial score (nSPS) is 18.2. The average molecular weight is 769 g/mol. The summed E-state index contributed by atoms with van der Waals surface area (Å²) in [4.78, 5) is 18.1. The molecule has 0 nitrogen and oxygen atoms in total. The molecule has 9 rings (SSSR count). The summed E-state index contributed by atoms with van der Waals surface area (Å²) in [6, 6.07) is 0. The van der Waals surface area contributed by atoms with Crippen molar-refractivity contribution in [3.05, 3.63) is 76.5 Å². The van der Waals surface area contributed by atoms with Crippen molar-refractivity contribution in [1.29, 1.82) is 0 Å². The summed E-state index contributed by atoms with van der Waals surface area (Å²) in [7, 11) is 0. The summed E-state index contributed by atoms with van der Waals surface area (Å²) < 4.78 is 0. The van der Waals surface area contributed by atoms with Crippen LogP contribution in [0, 0.1) is 55.4 Å². The van der Waals surface area contributed by atoms with Gasteiger partial charge in [0.05, 0.1) is 0 Å². The minimum atomic E-state index is -0.0220. The van der Waals surface area contributed by atoms with Gasteiger partial charge in [0.2, 0.25) is 0 Å². The third-order valence-electron chi connectivity index (χ3n) is 13.7. The zero-order valence-corrected chi connectivity index (χ0v) is 37.3. The van der Waals surface area contributed by atoms with Crippen LogP contribution in [0.4, 0.5) is 0 Å². The highest BCUT2D eigenvalue weighted by Crippen LogP contribution is 2.67. The number of aryl methyl sites for hydroxylation is 2. The first-order valence-corrected chi connectivity index (χ1v) is 22.8. The first-order valence-electron chi connectivity index (χ1n) is 17.9. The maximum absolute atomic E-state index is 2.50. The van der Waals surface area contributed by atoms with Gasteiger partial charge in [-0.05, 0) is 122 Å². The molecule has 3 aliphatic rings. The number of hydrogen-bond donors (Lipinski definition) is 0. The molecular formula is C44H48S6. The van der Waals surface area contributed by atoms with E-state index < -0.39 is 0 Å². The van der Waals surface area contributed by atoms with E-state index in [2.05, 4.69) is 156 Å². The average Bonchev–Trinajstić information content (AvgIpc) is 3.86. The van der Waals surface area contributed by atoms with Crippen LogP contribution in [0.5, 0.6) is 0 Å². The van der Waals surface area contributed by atoms with Gasteiger partial charge in [0, 0.05) is 80.2 Å². The lowest BCUT2D eigenvalue weighted by Gasteiger charge is -2.47. The van der Waals surface area contributed by atoms with Crippen LogP contribution in [0.25, 0.3) is 48.8 Å². The molecule has 0 saturated heterocycles. The van der Waals surface area contributed by atoms with Gasteiger partial charge in [-0.15, -0.1) is 68.0 Å². The maximum Gasteiger partial charge on any atom is 0.0496 e. The molecule has 6 aromatic heterocycles. The van der Waals surface area contributed by atoms with Crippen LogP contribution in [-0.4, -0.2) is 0 Å². The van der Waals surface area contributed by atoms with Crippen LogP contribution in [0.2, 0.25) is 0 Å². The third-order valence-corrected chi connectivity index (χ3v) is 22.1. The van der Waals surface area contributed by atoms with Gasteiger partial charge < -0.3 is 0 Å². The van der Waals surface area contributed by atoms with E-state index in [4.69, 9.17) is 0 Å². The highest BCUT2D eigenvalue weighted by atomic mass is 32.1. The second-order valence-corrected chi connectivity index (χ2v) is 24.0. The molecule has 0 radical (unpaired) electrons. The van der Waals surface area contributed by atoms with Crippen molar-refractivity contribution < 1.29 is 0 Å². The van der Waals surface area contributed by atoms with Crippen LogP contribution in [0.3, 0.4) is 0 Å². The predicted molar refractivity (Wildman–Crippen MR) is 229 cm³/mol. The van der Waals surface area contributed by atoms with Crippen molar-refractivity contribution in [2.75, 3.05) is 0 Å². The van der Waals surface area contributed by atoms with Crippen molar-refractivity contribution in [3.8, 4) is 48.8 Å². The Balaban J connectivity index is 1.22. The molecule has 0 aromatic carbocycles. The van der Waals surface area contributed by atoms with E-state index in [-0.39, 0.29) is 21.7 Å². The molecule has 3 aliphatic carbocycles. The molecule has 50 heavy (non-hydrogen) atoms. The first kappa shape index (κ1) is 34.0. The predicted octanol–water partition coefficient (Wildman–Crippen LogP) is 15.7. The molecule has 0 amide bonds. The van der Waals surface area contributed by atoms with Crippen molar-refractivity contribution in [3.63, 3.8) is 0 Å². The Kier molecular flexibility index (Phi) is 6.82. The van der Waals surface area contributed by atoms with Crippen LogP contribution >= 0.6 is 68.0 Å². The number of thiophene rings is 6. The van der Waals surface area contributed by atoms with Gasteiger partial charge in [-0.1, -0.05) is 55.4 Å². The fourth-order valence-electron chi connectivity index (χ4n) is 10.5. The minimum absolute atomic E-state index is 0.0220. The minimum Gasteiger partial charge on any atom is -0.139 e. The lowest BCUT2D eigenvalue weighted by atomic mass is 9.57. The van der Waals surface area contributed by atoms with Crippen LogP contribution < -0.4 is 0 Å². The van der Waals surface area contributed by atoms with Crippen LogP contribution in [0.15, 0.2) is 0 Å². The zero-order chi connectivity index (χ0) is 36.1. The summed E-state index contributed by atoms with van der Waals surface area (Å²) in [5.74, 6) is 0. The molecule has 6 aromatic rings. The van der Waals surface area contributed by atoms with Crippen LogP contribution in [-0.2, 0) is 21.7 Å². The van der Waals surface area contributed by atoms with Crippen molar-refractivity contribution >= 4 is 68.0 Å². The summed E-state index contributed by atoms with van der Waals surface area (Å²) in [6.45, 7) is 38.9. The summed E-state index contributed by atoms with van der Waals surface area (Å²) in [6.07, 6.45) is 0. The summed E-state index contributed by atoms with van der Waals surface area (Å²) in [5.41, 5.74) is 18.6. The van der Waals surface area contributed by atoms with E-state index in [9.17, 15) is 0 Å². The second kappa shape index (κ2) is 10.0. The quantitative estimate of drug-likeness (QED) is 0.165. The first-order chi connectivity index (χ1) is 23.2. The van der Waals surface area contributed by atoms with Gasteiger partial charge >= 0.3 is 0 Å². The molecule has 0 atom stereocenters. The van der Waals surface area contributed by atoms with Crippen molar-refractivity contribution in [1.82, 2.24) is 0 Å². The summed E-state index contributed by atoms with van der Waals surface area (Å²) in [5, 5.41) is 0. The largest absolute Gasteiger partial charge is 0.139 e. The molecular weight excluding hydrogens is 721 g/mol. The Morgan fingerprint density at radius 2 is 0.480 bits per heavy atom. The molecule has 0 aliphatic heterocycles. The fourth-order valence-corrected chi connectivity index (χ4v) is 19.9. The van der Waals surface area contributed by atoms with E-state index in [1.165, 1.54) is 91.9 Å². The molecule has 0 fully saturated rings. The molecule has 6 heterocycles. The highest BCUT2D eigenvalue weighted by Gasteiger charge is 2.51. The van der Waals surface area contributed by atoms with Crippen LogP contribution in [0.1, 0.15) is 132 Å². The zero-order valence-electron chi connectivity index (χ0n) is 32.4. The molecule has 260 valence electrons. The Morgan fingerprint density at radius 1 is 0.260 bits per heavy atom. The Morgan fingerprint density at radius 3 is 0.840 bits per heavy atom. The SMILES string of the molecule is Cc1sc2c(c1C)C(C)(C)c1c-2sc(-c2sc3c(c2C)C(C)(C)c2c-3sc(-c3sc4c(c3C)C(C)(C)C(C)(C)c3c-4sc(C)c3C)c2C)c1C. The van der Waals surface area contributed by atoms with Crippen molar-refractivity contribution in [2.24, 2.45) is 0 Å². The van der Waals surface area contributed by atoms with Gasteiger partial charge in [-0.2, -0.15) is 0 Å². The van der Waals surface area contributed by atoms with Crippen molar-refractivity contribution in [2.45, 2.75) is 132 Å². The van der Waals surface area contributed by atoms with E-state index in [0.29, 0.717) is 0 Å². The fraction of sp³-hybridized carbons (Fsp3) is 0.455. The topological polar surface area (TPSA) is 0 Å². The lowest BCUT2D eigenvalue weighted by Crippen LogP contribution is -2.43. The second-order valence-electron chi connectivity index (χ2n) is 17.5. The third kappa shape index (κ3) is 3.72. The van der Waals surface area contributed by atoms with E-state index in [1.807, 2.05) is 22.7 Å². The Bertz CT molecular complexity index is 2510. The number of fused-ring (bicyclic) bond motifs is 9. The van der Waals surface area contributed by atoms with Gasteiger partial charge in [0.25, 0.3) is 0 Å². The molecule has 0 N–H and O–H groups in total. The molecule has 6 heteroatoms. The monoisotopic (exact) mass is 768 g/mol. The smallest absolute Gasteiger partial charge is 0.0496 e. The number of hydrogen-bond acceptors (Lipinski definition) is 6. The van der Waals surface area contributed by atoms with E-state index in [1.54, 1.807) is 33.4 Å². The van der Waals surface area contributed by atoms with Gasteiger partial charge in [-0.25, -0.2) is 0 Å². The molecule has 0 unspecified atom stereocenters. The maximum atomic E-state index is 2.50. The number of rotatable bonds is 2. The standard InChI is InChI=1S/C44H48S6/c1-17-23(7)45-35-25(17)41(9,10)26-19(3)31(47-36(26)35)32-20(4)27-37(48-32)38-28(42(27,11)12)21(5)33(49-38)34-22(6)30-40(50-34)39-29(18(2)24(8)46-39)43(13,14)44(30,15)16/h1-16H3. The highest BCUT2D eigenvalue weighted by molar-refractivity contribution is 7.31. The van der Waals surface area contributed by atoms with Gasteiger partial charge in [0.15, 0.2) is 0 Å². The van der Waals surface area contributed by atoms with E-state index in [0.717, 1.165) is 0 Å². The van der Waals surface area contributed by atoms with Gasteiger partial charge in [-0.3, -0.25) is 0 Å². The lowest BCUT2D eigenvalue weighted by molar-refractivity contribution is 0.299. The molecule has 0 bridgehead atoms. The summed E-state index contributed by atoms with van der Waals surface area (Å²) >= 11 is 12.3. The Hall–Kier alpha value is -1.80. The van der Waals surface area contributed by atoms with E-state index >= 15 is 0 Å².